The van der Waals surface area contributed by atoms with Crippen LogP contribution < -0.4 is 11.0 Å². The van der Waals surface area contributed by atoms with E-state index in [-0.39, 0.29) is 0 Å². The largest absolute Gasteiger partial charge is 0.364 e. The number of rotatable bonds is 3. The Bertz CT molecular complexity index is 480. The fourth-order valence-electron chi connectivity index (χ4n) is 1.19. The molecule has 0 radical (unpaired) electrons. The minimum Gasteiger partial charge on any atom is -0.364 e. The van der Waals surface area contributed by atoms with Gasteiger partial charge in [0.05, 0.1) is 6.20 Å². The molecule has 0 fully saturated rings. The highest BCUT2D eigenvalue weighted by Gasteiger charge is 1.95. The third-order valence-electron chi connectivity index (χ3n) is 1.89. The normalized spacial score (nSPS) is 9.87. The molecular weight excluding hydrogens is 192 g/mol. The Kier molecular flexibility index (Phi) is 2.73. The number of aromatic nitrogens is 3. The van der Waals surface area contributed by atoms with Crippen molar-refractivity contribution in [2.75, 3.05) is 5.32 Å². The Labute approximate surface area is 86.2 Å². The number of aromatic amines is 1. The van der Waals surface area contributed by atoms with Crippen molar-refractivity contribution in [1.82, 2.24) is 15.2 Å². The van der Waals surface area contributed by atoms with E-state index in [1.165, 1.54) is 6.20 Å². The van der Waals surface area contributed by atoms with Crippen LogP contribution in [-0.2, 0) is 6.54 Å². The van der Waals surface area contributed by atoms with Gasteiger partial charge in [-0.1, -0.05) is 30.3 Å². The second-order valence-electron chi connectivity index (χ2n) is 3.01. The fraction of sp³-hybridized carbons (Fsp3) is 0.100. The molecule has 1 aromatic carbocycles. The van der Waals surface area contributed by atoms with Gasteiger partial charge in [0.2, 0.25) is 0 Å². The minimum absolute atomic E-state index is 0.451. The van der Waals surface area contributed by atoms with Crippen LogP contribution in [0.5, 0.6) is 0 Å². The first-order valence-electron chi connectivity index (χ1n) is 4.54. The van der Waals surface area contributed by atoms with Crippen LogP contribution in [0.25, 0.3) is 0 Å². The molecule has 0 amide bonds. The summed E-state index contributed by atoms with van der Waals surface area (Å²) in [4.78, 5) is 14.5. The maximum Gasteiger partial charge on any atom is 0.363 e. The fourth-order valence-corrected chi connectivity index (χ4v) is 1.19. The van der Waals surface area contributed by atoms with Gasteiger partial charge in [0.25, 0.3) is 0 Å². The summed E-state index contributed by atoms with van der Waals surface area (Å²) in [7, 11) is 0. The third-order valence-corrected chi connectivity index (χ3v) is 1.89. The number of nitrogens with one attached hydrogen (secondary N) is 2. The highest BCUT2D eigenvalue weighted by molar-refractivity contribution is 5.31. The van der Waals surface area contributed by atoms with Crippen LogP contribution in [0, 0.1) is 0 Å². The van der Waals surface area contributed by atoms with Gasteiger partial charge in [0.15, 0.2) is 5.82 Å². The predicted molar refractivity (Wildman–Crippen MR) is 56.4 cm³/mol. The Morgan fingerprint density at radius 2 is 2.07 bits per heavy atom. The topological polar surface area (TPSA) is 70.7 Å². The molecule has 5 heteroatoms. The van der Waals surface area contributed by atoms with Crippen LogP contribution in [0.1, 0.15) is 5.56 Å². The van der Waals surface area contributed by atoms with Crippen molar-refractivity contribution >= 4 is 5.82 Å². The van der Waals surface area contributed by atoms with Crippen LogP contribution in [0.4, 0.5) is 5.82 Å². The Hall–Kier alpha value is -2.17. The van der Waals surface area contributed by atoms with Gasteiger partial charge in [-0.15, -0.1) is 0 Å². The molecule has 0 aliphatic rings. The van der Waals surface area contributed by atoms with Crippen LogP contribution in [0.15, 0.2) is 41.3 Å². The van der Waals surface area contributed by atoms with Crippen LogP contribution in [0.2, 0.25) is 0 Å². The maximum atomic E-state index is 10.8. The molecule has 0 aliphatic carbocycles. The van der Waals surface area contributed by atoms with E-state index in [4.69, 9.17) is 0 Å². The van der Waals surface area contributed by atoms with E-state index in [0.717, 1.165) is 5.56 Å². The Balaban J connectivity index is 2.02. The number of H-pyrrole nitrogens is 1. The van der Waals surface area contributed by atoms with Crippen molar-refractivity contribution in [1.29, 1.82) is 0 Å². The van der Waals surface area contributed by atoms with Gasteiger partial charge in [-0.3, -0.25) is 0 Å². The number of hydrogen-bond donors (Lipinski definition) is 2. The minimum atomic E-state index is -0.451. The lowest BCUT2D eigenvalue weighted by molar-refractivity contribution is 0.907. The smallest absolute Gasteiger partial charge is 0.363 e. The van der Waals surface area contributed by atoms with Crippen molar-refractivity contribution in [2.24, 2.45) is 0 Å². The summed E-state index contributed by atoms with van der Waals surface area (Å²) in [5.74, 6) is 0.475. The quantitative estimate of drug-likeness (QED) is 0.771. The molecule has 0 bridgehead atoms. The number of anilines is 1. The summed E-state index contributed by atoms with van der Waals surface area (Å²) in [5, 5.41) is 8.86. The molecule has 15 heavy (non-hydrogen) atoms. The van der Waals surface area contributed by atoms with Gasteiger partial charge >= 0.3 is 5.69 Å². The Morgan fingerprint density at radius 3 is 2.80 bits per heavy atom. The van der Waals surface area contributed by atoms with Gasteiger partial charge in [-0.2, -0.15) is 10.1 Å². The van der Waals surface area contributed by atoms with Crippen molar-refractivity contribution in [2.45, 2.75) is 6.54 Å². The molecule has 1 heterocycles. The maximum absolute atomic E-state index is 10.8. The standard InChI is InChI=1S/C10H10N4O/c15-10-13-9(7-12-14-10)11-6-8-4-2-1-3-5-8/h1-5,7H,6H2,(H2,11,13,14,15). The zero-order valence-corrected chi connectivity index (χ0v) is 7.97. The third kappa shape index (κ3) is 2.63. The highest BCUT2D eigenvalue weighted by atomic mass is 16.1. The summed E-state index contributed by atoms with van der Waals surface area (Å²) in [6, 6.07) is 9.86. The van der Waals surface area contributed by atoms with Gasteiger partial charge in [-0.25, -0.2) is 9.89 Å². The molecular formula is C10H10N4O. The van der Waals surface area contributed by atoms with Crippen LogP contribution in [-0.4, -0.2) is 15.2 Å². The average molecular weight is 202 g/mol. The van der Waals surface area contributed by atoms with Crippen LogP contribution >= 0.6 is 0 Å². The summed E-state index contributed by atoms with van der Waals surface area (Å²) in [6.07, 6.45) is 1.48. The number of benzene rings is 1. The van der Waals surface area contributed by atoms with Crippen LogP contribution in [0.3, 0.4) is 0 Å². The lowest BCUT2D eigenvalue weighted by Crippen LogP contribution is -2.14. The molecule has 0 saturated carbocycles. The summed E-state index contributed by atoms with van der Waals surface area (Å²) in [5.41, 5.74) is 0.674. The molecule has 0 unspecified atom stereocenters. The molecule has 2 rings (SSSR count). The first-order valence-corrected chi connectivity index (χ1v) is 4.54. The van der Waals surface area contributed by atoms with E-state index < -0.39 is 5.69 Å². The van der Waals surface area contributed by atoms with E-state index in [1.807, 2.05) is 30.3 Å². The van der Waals surface area contributed by atoms with Gasteiger partial charge in [-0.05, 0) is 5.56 Å². The summed E-state index contributed by atoms with van der Waals surface area (Å²) in [6.45, 7) is 0.624. The van der Waals surface area contributed by atoms with Gasteiger partial charge in [0, 0.05) is 6.54 Å². The van der Waals surface area contributed by atoms with Crippen molar-refractivity contribution < 1.29 is 0 Å². The summed E-state index contributed by atoms with van der Waals surface area (Å²) < 4.78 is 0. The lowest BCUT2D eigenvalue weighted by Gasteiger charge is -2.03. The van der Waals surface area contributed by atoms with E-state index in [2.05, 4.69) is 20.5 Å². The lowest BCUT2D eigenvalue weighted by atomic mass is 10.2. The second-order valence-corrected chi connectivity index (χ2v) is 3.01. The first-order chi connectivity index (χ1) is 7.34. The molecule has 0 aliphatic heterocycles. The molecule has 0 atom stereocenters. The molecule has 1 aromatic heterocycles. The zero-order chi connectivity index (χ0) is 10.5. The Morgan fingerprint density at radius 1 is 1.27 bits per heavy atom. The summed E-state index contributed by atoms with van der Waals surface area (Å²) >= 11 is 0. The van der Waals surface area contributed by atoms with E-state index >= 15 is 0 Å². The van der Waals surface area contributed by atoms with Crippen molar-refractivity contribution in [3.63, 3.8) is 0 Å². The van der Waals surface area contributed by atoms with Gasteiger partial charge < -0.3 is 5.32 Å². The number of hydrogen-bond acceptors (Lipinski definition) is 4. The van der Waals surface area contributed by atoms with Crippen molar-refractivity contribution in [3.8, 4) is 0 Å². The molecule has 0 spiro atoms. The zero-order valence-electron chi connectivity index (χ0n) is 7.97. The second kappa shape index (κ2) is 4.36. The van der Waals surface area contributed by atoms with Gasteiger partial charge in [0.1, 0.15) is 0 Å². The SMILES string of the molecule is O=c1nc(NCc2ccccc2)cn[nH]1. The average Bonchev–Trinajstić information content (AvgIpc) is 2.28. The molecule has 2 N–H and O–H groups in total. The monoisotopic (exact) mass is 202 g/mol. The molecule has 5 nitrogen and oxygen atoms in total. The molecule has 2 aromatic rings. The molecule has 76 valence electrons. The van der Waals surface area contributed by atoms with E-state index in [0.29, 0.717) is 12.4 Å². The highest BCUT2D eigenvalue weighted by Crippen LogP contribution is 2.02. The predicted octanol–water partition coefficient (Wildman–Crippen LogP) is 0.777. The van der Waals surface area contributed by atoms with E-state index in [1.54, 1.807) is 0 Å². The molecule has 0 saturated heterocycles. The first kappa shape index (κ1) is 9.39. The number of nitrogens with zero attached hydrogens (tertiary/aromatic N) is 2. The van der Waals surface area contributed by atoms with Crippen molar-refractivity contribution in [3.05, 3.63) is 52.6 Å². The van der Waals surface area contributed by atoms with E-state index in [9.17, 15) is 4.79 Å².